The fourth-order valence-corrected chi connectivity index (χ4v) is 2.72. The van der Waals surface area contributed by atoms with Gasteiger partial charge in [-0.1, -0.05) is 24.3 Å². The average molecular weight is 351 g/mol. The van der Waals surface area contributed by atoms with Crippen molar-refractivity contribution in [3.8, 4) is 5.69 Å². The van der Waals surface area contributed by atoms with Crippen molar-refractivity contribution in [2.24, 2.45) is 7.05 Å². The number of anilines is 1. The van der Waals surface area contributed by atoms with Crippen LogP contribution in [0.5, 0.6) is 0 Å². The van der Waals surface area contributed by atoms with E-state index in [0.717, 1.165) is 11.3 Å². The Morgan fingerprint density at radius 1 is 1.15 bits per heavy atom. The van der Waals surface area contributed by atoms with E-state index in [2.05, 4.69) is 15.6 Å². The average Bonchev–Trinajstić information content (AvgIpc) is 2.87. The first-order chi connectivity index (χ1) is 12.6. The van der Waals surface area contributed by atoms with Gasteiger partial charge in [-0.2, -0.15) is 0 Å². The van der Waals surface area contributed by atoms with Crippen molar-refractivity contribution in [1.29, 1.82) is 0 Å². The summed E-state index contributed by atoms with van der Waals surface area (Å²) in [5.41, 5.74) is 2.47. The van der Waals surface area contributed by atoms with Crippen LogP contribution in [0, 0.1) is 6.92 Å². The molecular weight excluding hydrogens is 330 g/mol. The standard InChI is InChI=1S/C19H21N5O2/c1-14-18(19(26)24(23(14)2)16-8-4-3-5-9-16)22-17(25)13-21-12-15-7-6-10-20-11-15/h3-11,21H,12-13H2,1-2H3,(H,22,25). The molecule has 0 aliphatic carbocycles. The molecule has 0 unspecified atom stereocenters. The summed E-state index contributed by atoms with van der Waals surface area (Å²) in [6, 6.07) is 13.1. The number of rotatable bonds is 6. The molecule has 0 saturated heterocycles. The third kappa shape index (κ3) is 3.73. The molecule has 7 nitrogen and oxygen atoms in total. The van der Waals surface area contributed by atoms with E-state index in [4.69, 9.17) is 0 Å². The molecule has 0 fully saturated rings. The highest BCUT2D eigenvalue weighted by molar-refractivity contribution is 5.92. The van der Waals surface area contributed by atoms with Crippen molar-refractivity contribution in [3.63, 3.8) is 0 Å². The molecule has 134 valence electrons. The summed E-state index contributed by atoms with van der Waals surface area (Å²) in [7, 11) is 1.79. The number of nitrogens with one attached hydrogen (secondary N) is 2. The second-order valence-corrected chi connectivity index (χ2v) is 5.95. The van der Waals surface area contributed by atoms with Crippen molar-refractivity contribution in [1.82, 2.24) is 19.7 Å². The molecule has 0 saturated carbocycles. The maximum absolute atomic E-state index is 12.7. The number of hydrogen-bond acceptors (Lipinski definition) is 4. The molecule has 0 radical (unpaired) electrons. The summed E-state index contributed by atoms with van der Waals surface area (Å²) < 4.78 is 3.27. The molecule has 0 bridgehead atoms. The lowest BCUT2D eigenvalue weighted by Gasteiger charge is -2.07. The summed E-state index contributed by atoms with van der Waals surface area (Å²) in [6.45, 7) is 2.44. The van der Waals surface area contributed by atoms with Gasteiger partial charge < -0.3 is 10.6 Å². The van der Waals surface area contributed by atoms with E-state index in [-0.39, 0.29) is 18.0 Å². The van der Waals surface area contributed by atoms with Crippen molar-refractivity contribution < 1.29 is 4.79 Å². The third-order valence-electron chi connectivity index (χ3n) is 4.16. The first-order valence-electron chi connectivity index (χ1n) is 8.31. The van der Waals surface area contributed by atoms with Crippen LogP contribution in [0.3, 0.4) is 0 Å². The Morgan fingerprint density at radius 2 is 1.92 bits per heavy atom. The highest BCUT2D eigenvalue weighted by Gasteiger charge is 2.17. The summed E-state index contributed by atoms with van der Waals surface area (Å²) in [5.74, 6) is -0.264. The highest BCUT2D eigenvalue weighted by Crippen LogP contribution is 2.13. The number of nitrogens with zero attached hydrogens (tertiary/aromatic N) is 3. The van der Waals surface area contributed by atoms with Crippen LogP contribution >= 0.6 is 0 Å². The van der Waals surface area contributed by atoms with Gasteiger partial charge in [0.25, 0.3) is 5.56 Å². The topological polar surface area (TPSA) is 81.0 Å². The van der Waals surface area contributed by atoms with Crippen LogP contribution < -0.4 is 16.2 Å². The molecule has 3 rings (SSSR count). The number of pyridine rings is 1. The molecule has 1 aromatic carbocycles. The van der Waals surface area contributed by atoms with Crippen LogP contribution in [0.15, 0.2) is 59.7 Å². The zero-order chi connectivity index (χ0) is 18.5. The zero-order valence-electron chi connectivity index (χ0n) is 14.8. The zero-order valence-corrected chi connectivity index (χ0v) is 14.8. The predicted molar refractivity (Wildman–Crippen MR) is 100 cm³/mol. The fraction of sp³-hybridized carbons (Fsp3) is 0.211. The minimum atomic E-state index is -0.264. The van der Waals surface area contributed by atoms with Gasteiger partial charge in [-0.05, 0) is 30.7 Å². The first-order valence-corrected chi connectivity index (χ1v) is 8.31. The summed E-state index contributed by atoms with van der Waals surface area (Å²) in [4.78, 5) is 29.0. The van der Waals surface area contributed by atoms with Crippen molar-refractivity contribution in [2.45, 2.75) is 13.5 Å². The van der Waals surface area contributed by atoms with Crippen LogP contribution in [-0.4, -0.2) is 26.8 Å². The Hall–Kier alpha value is -3.19. The Morgan fingerprint density at radius 3 is 2.62 bits per heavy atom. The minimum Gasteiger partial charge on any atom is -0.319 e. The first kappa shape index (κ1) is 17.6. The molecule has 7 heteroatoms. The lowest BCUT2D eigenvalue weighted by atomic mass is 10.3. The SMILES string of the molecule is Cc1c(NC(=O)CNCc2cccnc2)c(=O)n(-c2ccccc2)n1C. The number of aromatic nitrogens is 3. The van der Waals surface area contributed by atoms with Gasteiger partial charge in [0, 0.05) is 26.0 Å². The predicted octanol–water partition coefficient (Wildman–Crippen LogP) is 1.61. The molecule has 26 heavy (non-hydrogen) atoms. The Labute approximate surface area is 151 Å². The van der Waals surface area contributed by atoms with Crippen LogP contribution in [0.25, 0.3) is 5.69 Å². The number of carbonyl (C=O) groups is 1. The molecule has 1 amide bonds. The highest BCUT2D eigenvalue weighted by atomic mass is 16.2. The molecule has 3 aromatic rings. The molecule has 2 N–H and O–H groups in total. The van der Waals surface area contributed by atoms with Gasteiger partial charge in [0.1, 0.15) is 5.69 Å². The van der Waals surface area contributed by atoms with E-state index in [0.29, 0.717) is 17.9 Å². The van der Waals surface area contributed by atoms with Gasteiger partial charge in [-0.15, -0.1) is 0 Å². The normalized spacial score (nSPS) is 10.7. The van der Waals surface area contributed by atoms with Crippen LogP contribution in [-0.2, 0) is 18.4 Å². The van der Waals surface area contributed by atoms with Gasteiger partial charge in [0.15, 0.2) is 0 Å². The van der Waals surface area contributed by atoms with Crippen LogP contribution in [0.2, 0.25) is 0 Å². The van der Waals surface area contributed by atoms with E-state index >= 15 is 0 Å². The monoisotopic (exact) mass is 351 g/mol. The number of benzene rings is 1. The van der Waals surface area contributed by atoms with Crippen molar-refractivity contribution in [2.75, 3.05) is 11.9 Å². The molecule has 0 aliphatic heterocycles. The van der Waals surface area contributed by atoms with E-state index in [9.17, 15) is 9.59 Å². The van der Waals surface area contributed by atoms with Crippen LogP contribution in [0.1, 0.15) is 11.3 Å². The minimum absolute atomic E-state index is 0.105. The molecule has 2 aromatic heterocycles. The van der Waals surface area contributed by atoms with Gasteiger partial charge in [0.2, 0.25) is 5.91 Å². The Balaban J connectivity index is 1.70. The van der Waals surface area contributed by atoms with E-state index in [1.807, 2.05) is 42.5 Å². The Bertz CT molecular complexity index is 945. The molecule has 0 spiro atoms. The second-order valence-electron chi connectivity index (χ2n) is 5.95. The van der Waals surface area contributed by atoms with Crippen molar-refractivity contribution in [3.05, 3.63) is 76.5 Å². The van der Waals surface area contributed by atoms with Crippen LogP contribution in [0.4, 0.5) is 5.69 Å². The number of hydrogen-bond donors (Lipinski definition) is 2. The maximum atomic E-state index is 12.7. The number of carbonyl (C=O) groups excluding carboxylic acids is 1. The quantitative estimate of drug-likeness (QED) is 0.707. The van der Waals surface area contributed by atoms with Gasteiger partial charge in [-0.3, -0.25) is 19.3 Å². The second kappa shape index (κ2) is 7.79. The molecule has 0 aliphatic rings. The van der Waals surface area contributed by atoms with Gasteiger partial charge in [0.05, 0.1) is 17.9 Å². The van der Waals surface area contributed by atoms with E-state index in [1.54, 1.807) is 31.0 Å². The third-order valence-corrected chi connectivity index (χ3v) is 4.16. The van der Waals surface area contributed by atoms with E-state index in [1.165, 1.54) is 4.68 Å². The summed E-state index contributed by atoms with van der Waals surface area (Å²) >= 11 is 0. The van der Waals surface area contributed by atoms with Gasteiger partial charge in [-0.25, -0.2) is 4.68 Å². The number of para-hydroxylation sites is 1. The number of amides is 1. The maximum Gasteiger partial charge on any atom is 0.295 e. The lowest BCUT2D eigenvalue weighted by molar-refractivity contribution is -0.115. The summed E-state index contributed by atoms with van der Waals surface area (Å²) in [5, 5.41) is 5.77. The van der Waals surface area contributed by atoms with Crippen molar-refractivity contribution >= 4 is 11.6 Å². The molecule has 0 atom stereocenters. The smallest absolute Gasteiger partial charge is 0.295 e. The lowest BCUT2D eigenvalue weighted by Crippen LogP contribution is -2.30. The fourth-order valence-electron chi connectivity index (χ4n) is 2.72. The largest absolute Gasteiger partial charge is 0.319 e. The summed E-state index contributed by atoms with van der Waals surface area (Å²) in [6.07, 6.45) is 3.44. The molecule has 2 heterocycles. The van der Waals surface area contributed by atoms with E-state index < -0.39 is 0 Å². The molecular formula is C19H21N5O2. The Kier molecular flexibility index (Phi) is 5.28. The van der Waals surface area contributed by atoms with Gasteiger partial charge >= 0.3 is 0 Å².